The van der Waals surface area contributed by atoms with Crippen LogP contribution in [0.3, 0.4) is 0 Å². The topological polar surface area (TPSA) is 86.7 Å². The first-order valence-electron chi connectivity index (χ1n) is 8.35. The second-order valence-corrected chi connectivity index (χ2v) is 6.31. The summed E-state index contributed by atoms with van der Waals surface area (Å²) in [5, 5.41) is 11.0. The number of imide groups is 1. The van der Waals surface area contributed by atoms with E-state index < -0.39 is 24.5 Å². The van der Waals surface area contributed by atoms with Crippen molar-refractivity contribution in [3.05, 3.63) is 60.2 Å². The zero-order valence-electron chi connectivity index (χ0n) is 14.8. The molecule has 26 heavy (non-hydrogen) atoms. The Balaban J connectivity index is 2.27. The van der Waals surface area contributed by atoms with Crippen LogP contribution in [-0.2, 0) is 4.79 Å². The summed E-state index contributed by atoms with van der Waals surface area (Å²) < 4.78 is 0. The lowest BCUT2D eigenvalue weighted by Crippen LogP contribution is -2.46. The zero-order chi connectivity index (χ0) is 19.1. The number of carbonyl (C=O) groups excluding carboxylic acids is 2. The fourth-order valence-corrected chi connectivity index (χ4v) is 2.49. The highest BCUT2D eigenvalue weighted by Crippen LogP contribution is 2.21. The Morgan fingerprint density at radius 1 is 1.00 bits per heavy atom. The fourth-order valence-electron chi connectivity index (χ4n) is 2.49. The first kappa shape index (κ1) is 19.2. The lowest BCUT2D eigenvalue weighted by Gasteiger charge is -2.23. The van der Waals surface area contributed by atoms with E-state index in [1.165, 1.54) is 0 Å². The molecule has 0 saturated heterocycles. The molecule has 0 aliphatic heterocycles. The van der Waals surface area contributed by atoms with Gasteiger partial charge in [-0.1, -0.05) is 56.3 Å². The molecule has 0 heterocycles. The molecule has 0 aromatic heterocycles. The van der Waals surface area contributed by atoms with Crippen LogP contribution in [0.4, 0.5) is 4.79 Å². The molecule has 0 saturated carbocycles. The summed E-state index contributed by atoms with van der Waals surface area (Å²) in [7, 11) is 0. The maximum absolute atomic E-state index is 12.9. The molecule has 136 valence electrons. The van der Waals surface area contributed by atoms with Gasteiger partial charge in [0.25, 0.3) is 5.91 Å². The number of benzene rings is 2. The molecule has 6 nitrogen and oxygen atoms in total. The van der Waals surface area contributed by atoms with Crippen LogP contribution in [0.1, 0.15) is 24.2 Å². The maximum atomic E-state index is 12.9. The summed E-state index contributed by atoms with van der Waals surface area (Å²) >= 11 is 0. The number of carbonyl (C=O) groups is 3. The number of hydrogen-bond donors (Lipinski definition) is 2. The molecule has 0 aliphatic rings. The molecule has 2 N–H and O–H groups in total. The predicted molar refractivity (Wildman–Crippen MR) is 98.8 cm³/mol. The minimum absolute atomic E-state index is 0.0480. The Morgan fingerprint density at radius 3 is 2.27 bits per heavy atom. The van der Waals surface area contributed by atoms with Crippen LogP contribution in [0.15, 0.2) is 54.6 Å². The number of amides is 3. The van der Waals surface area contributed by atoms with Crippen molar-refractivity contribution < 1.29 is 19.5 Å². The third kappa shape index (κ3) is 5.17. The molecule has 0 bridgehead atoms. The Morgan fingerprint density at radius 2 is 1.65 bits per heavy atom. The molecule has 0 spiro atoms. The van der Waals surface area contributed by atoms with Crippen LogP contribution in [-0.4, -0.2) is 41.0 Å². The van der Waals surface area contributed by atoms with Crippen molar-refractivity contribution in [1.82, 2.24) is 10.2 Å². The van der Waals surface area contributed by atoms with Crippen molar-refractivity contribution in [3.8, 4) is 11.1 Å². The van der Waals surface area contributed by atoms with E-state index in [4.69, 9.17) is 5.11 Å². The highest BCUT2D eigenvalue weighted by Gasteiger charge is 2.24. The van der Waals surface area contributed by atoms with Crippen LogP contribution in [0.5, 0.6) is 0 Å². The molecular weight excluding hydrogens is 332 g/mol. The lowest BCUT2D eigenvalue weighted by atomic mass is 10.0. The minimum atomic E-state index is -1.17. The van der Waals surface area contributed by atoms with Gasteiger partial charge in [-0.25, -0.2) is 4.79 Å². The Bertz CT molecular complexity index is 787. The van der Waals surface area contributed by atoms with Gasteiger partial charge in [0.05, 0.1) is 0 Å². The van der Waals surface area contributed by atoms with Gasteiger partial charge in [0.15, 0.2) is 0 Å². The van der Waals surface area contributed by atoms with E-state index in [-0.39, 0.29) is 12.5 Å². The minimum Gasteiger partial charge on any atom is -0.480 e. The highest BCUT2D eigenvalue weighted by molar-refractivity contribution is 6.05. The van der Waals surface area contributed by atoms with Gasteiger partial charge in [-0.3, -0.25) is 14.5 Å². The summed E-state index contributed by atoms with van der Waals surface area (Å²) in [5.41, 5.74) is 2.21. The first-order valence-corrected chi connectivity index (χ1v) is 8.35. The average Bonchev–Trinajstić information content (AvgIpc) is 2.64. The van der Waals surface area contributed by atoms with Crippen molar-refractivity contribution in [2.24, 2.45) is 5.92 Å². The van der Waals surface area contributed by atoms with Crippen LogP contribution in [0, 0.1) is 5.92 Å². The quantitative estimate of drug-likeness (QED) is 0.834. The van der Waals surface area contributed by atoms with Crippen LogP contribution in [0.2, 0.25) is 0 Å². The number of hydrogen-bond acceptors (Lipinski definition) is 3. The third-order valence-corrected chi connectivity index (χ3v) is 3.65. The number of nitrogens with one attached hydrogen (secondary N) is 1. The fraction of sp³-hybridized carbons (Fsp3) is 0.250. The number of urea groups is 1. The van der Waals surface area contributed by atoms with E-state index in [0.717, 1.165) is 16.0 Å². The molecule has 0 unspecified atom stereocenters. The molecule has 2 aromatic rings. The molecule has 0 aliphatic carbocycles. The van der Waals surface area contributed by atoms with Crippen molar-refractivity contribution in [3.63, 3.8) is 0 Å². The van der Waals surface area contributed by atoms with E-state index in [1.54, 1.807) is 18.2 Å². The summed E-state index contributed by atoms with van der Waals surface area (Å²) in [6, 6.07) is 15.9. The summed E-state index contributed by atoms with van der Waals surface area (Å²) in [5.74, 6) is -1.58. The number of rotatable bonds is 6. The molecule has 0 fully saturated rings. The molecule has 2 aromatic carbocycles. The molecular formula is C20H22N2O4. The SMILES string of the molecule is CC(C)CN(C(=O)NCC(=O)O)C(=O)c1cccc(-c2ccccc2)c1. The average molecular weight is 354 g/mol. The van der Waals surface area contributed by atoms with Gasteiger partial charge in [0, 0.05) is 12.1 Å². The molecule has 0 atom stereocenters. The molecule has 2 rings (SSSR count). The Kier molecular flexibility index (Phi) is 6.49. The molecule has 0 radical (unpaired) electrons. The van der Waals surface area contributed by atoms with Crippen LogP contribution < -0.4 is 5.32 Å². The van der Waals surface area contributed by atoms with Gasteiger partial charge in [-0.2, -0.15) is 0 Å². The lowest BCUT2D eigenvalue weighted by molar-refractivity contribution is -0.135. The summed E-state index contributed by atoms with van der Waals surface area (Å²) in [6.07, 6.45) is 0. The van der Waals surface area contributed by atoms with E-state index in [2.05, 4.69) is 5.32 Å². The maximum Gasteiger partial charge on any atom is 0.324 e. The normalized spacial score (nSPS) is 10.4. The van der Waals surface area contributed by atoms with Crippen molar-refractivity contribution in [2.75, 3.05) is 13.1 Å². The zero-order valence-corrected chi connectivity index (χ0v) is 14.8. The van der Waals surface area contributed by atoms with Gasteiger partial charge in [-0.15, -0.1) is 0 Å². The first-order chi connectivity index (χ1) is 12.4. The summed E-state index contributed by atoms with van der Waals surface area (Å²) in [6.45, 7) is 3.42. The largest absolute Gasteiger partial charge is 0.480 e. The second-order valence-electron chi connectivity index (χ2n) is 6.31. The van der Waals surface area contributed by atoms with E-state index in [1.807, 2.05) is 50.2 Å². The molecule has 6 heteroatoms. The summed E-state index contributed by atoms with van der Waals surface area (Å²) in [4.78, 5) is 36.9. The van der Waals surface area contributed by atoms with Crippen LogP contribution >= 0.6 is 0 Å². The van der Waals surface area contributed by atoms with Gasteiger partial charge >= 0.3 is 12.0 Å². The number of carboxylic acid groups (broad SMARTS) is 1. The highest BCUT2D eigenvalue weighted by atomic mass is 16.4. The Hall–Kier alpha value is -3.15. The van der Waals surface area contributed by atoms with Gasteiger partial charge in [0.1, 0.15) is 6.54 Å². The monoisotopic (exact) mass is 354 g/mol. The van der Waals surface area contributed by atoms with Crippen molar-refractivity contribution >= 4 is 17.9 Å². The number of carboxylic acids is 1. The number of aliphatic carboxylic acids is 1. The third-order valence-electron chi connectivity index (χ3n) is 3.65. The molecule has 3 amide bonds. The standard InChI is InChI=1S/C20H22N2O4/c1-14(2)13-22(20(26)21-12-18(23)24)19(25)17-10-6-9-16(11-17)15-7-4-3-5-8-15/h3-11,14H,12-13H2,1-2H3,(H,21,26)(H,23,24). The van der Waals surface area contributed by atoms with Crippen LogP contribution in [0.25, 0.3) is 11.1 Å². The smallest absolute Gasteiger partial charge is 0.324 e. The van der Waals surface area contributed by atoms with E-state index in [9.17, 15) is 14.4 Å². The van der Waals surface area contributed by atoms with Gasteiger partial charge in [-0.05, 0) is 29.2 Å². The second kappa shape index (κ2) is 8.80. The van der Waals surface area contributed by atoms with E-state index in [0.29, 0.717) is 5.56 Å². The van der Waals surface area contributed by atoms with Crippen molar-refractivity contribution in [1.29, 1.82) is 0 Å². The van der Waals surface area contributed by atoms with Gasteiger partial charge < -0.3 is 10.4 Å². The van der Waals surface area contributed by atoms with Gasteiger partial charge in [0.2, 0.25) is 0 Å². The van der Waals surface area contributed by atoms with E-state index >= 15 is 0 Å². The number of nitrogens with zero attached hydrogens (tertiary/aromatic N) is 1. The predicted octanol–water partition coefficient (Wildman–Crippen LogP) is 3.25. The Labute approximate surface area is 152 Å². The van der Waals surface area contributed by atoms with Crippen molar-refractivity contribution in [2.45, 2.75) is 13.8 Å².